The fraction of sp³-hybridized carbons (Fsp3) is 0.120. The number of methoxy groups -OCH3 is 1. The fourth-order valence-electron chi connectivity index (χ4n) is 3.62. The molecule has 30 heavy (non-hydrogen) atoms. The Morgan fingerprint density at radius 1 is 1.07 bits per heavy atom. The summed E-state index contributed by atoms with van der Waals surface area (Å²) in [5, 5.41) is 13.1. The lowest BCUT2D eigenvalue weighted by Gasteiger charge is -2.19. The van der Waals surface area contributed by atoms with E-state index in [0.29, 0.717) is 17.7 Å². The van der Waals surface area contributed by atoms with Crippen LogP contribution in [-0.2, 0) is 0 Å². The van der Waals surface area contributed by atoms with Crippen LogP contribution in [0.5, 0.6) is 5.75 Å². The third-order valence-electron chi connectivity index (χ3n) is 5.26. The molecule has 0 saturated heterocycles. The number of fused-ring (bicyclic) bond motifs is 1. The Hall–Kier alpha value is -4.04. The lowest BCUT2D eigenvalue weighted by atomic mass is 9.90. The fourth-order valence-corrected chi connectivity index (χ4v) is 3.62. The molecule has 1 heterocycles. The van der Waals surface area contributed by atoms with Crippen LogP contribution in [0.4, 0.5) is 0 Å². The van der Waals surface area contributed by atoms with Crippen molar-refractivity contribution < 1.29 is 9.53 Å². The Balaban J connectivity index is 1.63. The molecule has 2 N–H and O–H groups in total. The molecule has 4 rings (SSSR count). The minimum absolute atomic E-state index is 0.0330. The number of benzene rings is 3. The molecule has 0 aliphatic heterocycles. The molecule has 1 amide bonds. The van der Waals surface area contributed by atoms with Crippen molar-refractivity contribution in [1.82, 2.24) is 10.3 Å². The second-order valence-corrected chi connectivity index (χ2v) is 7.01. The molecule has 0 spiro atoms. The molecule has 3 aromatic carbocycles. The van der Waals surface area contributed by atoms with Crippen LogP contribution in [0.1, 0.15) is 33.0 Å². The summed E-state index contributed by atoms with van der Waals surface area (Å²) in [4.78, 5) is 16.0. The van der Waals surface area contributed by atoms with Crippen molar-refractivity contribution in [3.05, 3.63) is 101 Å². The lowest BCUT2D eigenvalue weighted by molar-refractivity contribution is 0.0952. The van der Waals surface area contributed by atoms with Crippen molar-refractivity contribution in [2.45, 2.75) is 5.92 Å². The molecule has 5 heteroatoms. The summed E-state index contributed by atoms with van der Waals surface area (Å²) in [5.74, 6) is 0.588. The smallest absolute Gasteiger partial charge is 0.251 e. The number of nitrogens with one attached hydrogen (secondary N) is 2. The van der Waals surface area contributed by atoms with Gasteiger partial charge < -0.3 is 15.0 Å². The number of hydrogen-bond acceptors (Lipinski definition) is 3. The van der Waals surface area contributed by atoms with Crippen molar-refractivity contribution in [2.24, 2.45) is 0 Å². The van der Waals surface area contributed by atoms with Crippen molar-refractivity contribution in [1.29, 1.82) is 5.26 Å². The second-order valence-electron chi connectivity index (χ2n) is 7.01. The Labute approximate surface area is 174 Å². The van der Waals surface area contributed by atoms with Crippen LogP contribution < -0.4 is 10.1 Å². The summed E-state index contributed by atoms with van der Waals surface area (Å²) in [6.07, 6.45) is 2.01. The highest BCUT2D eigenvalue weighted by molar-refractivity contribution is 5.94. The molecule has 1 atom stereocenters. The van der Waals surface area contributed by atoms with E-state index in [2.05, 4.69) is 22.4 Å². The van der Waals surface area contributed by atoms with E-state index in [1.807, 2.05) is 48.7 Å². The van der Waals surface area contributed by atoms with E-state index in [1.165, 1.54) is 0 Å². The van der Waals surface area contributed by atoms with Crippen LogP contribution in [0.2, 0.25) is 0 Å². The third kappa shape index (κ3) is 3.89. The van der Waals surface area contributed by atoms with Crippen LogP contribution in [0, 0.1) is 11.3 Å². The number of ether oxygens (including phenoxy) is 1. The summed E-state index contributed by atoms with van der Waals surface area (Å²) in [5.41, 5.74) is 4.32. The van der Waals surface area contributed by atoms with Gasteiger partial charge in [0.25, 0.3) is 5.91 Å². The predicted molar refractivity (Wildman–Crippen MR) is 117 cm³/mol. The van der Waals surface area contributed by atoms with Gasteiger partial charge >= 0.3 is 0 Å². The number of H-pyrrole nitrogens is 1. The number of carbonyl (C=O) groups excluding carboxylic acids is 1. The monoisotopic (exact) mass is 395 g/mol. The van der Waals surface area contributed by atoms with Gasteiger partial charge in [-0.15, -0.1) is 0 Å². The summed E-state index contributed by atoms with van der Waals surface area (Å²) >= 11 is 0. The molecule has 0 fully saturated rings. The zero-order chi connectivity index (χ0) is 20.9. The number of para-hydroxylation sites is 1. The van der Waals surface area contributed by atoms with Crippen LogP contribution in [0.15, 0.2) is 79.0 Å². The van der Waals surface area contributed by atoms with Gasteiger partial charge in [0.05, 0.1) is 18.7 Å². The molecule has 4 aromatic rings. The number of nitriles is 1. The number of nitrogens with zero attached hydrogens (tertiary/aromatic N) is 1. The van der Waals surface area contributed by atoms with Gasteiger partial charge in [0.15, 0.2) is 0 Å². The van der Waals surface area contributed by atoms with E-state index in [9.17, 15) is 4.79 Å². The third-order valence-corrected chi connectivity index (χ3v) is 5.26. The quantitative estimate of drug-likeness (QED) is 0.500. The summed E-state index contributed by atoms with van der Waals surface area (Å²) in [6.45, 7) is 0.438. The van der Waals surface area contributed by atoms with Crippen molar-refractivity contribution in [2.75, 3.05) is 13.7 Å². The molecule has 0 aliphatic carbocycles. The Morgan fingerprint density at radius 3 is 2.50 bits per heavy atom. The highest BCUT2D eigenvalue weighted by Crippen LogP contribution is 2.31. The maximum atomic E-state index is 12.7. The van der Waals surface area contributed by atoms with Crippen LogP contribution in [-0.4, -0.2) is 24.5 Å². The van der Waals surface area contributed by atoms with Gasteiger partial charge in [0.1, 0.15) is 5.75 Å². The molecule has 0 radical (unpaired) electrons. The lowest BCUT2D eigenvalue weighted by Crippen LogP contribution is -2.28. The van der Waals surface area contributed by atoms with Gasteiger partial charge in [0, 0.05) is 35.1 Å². The molecule has 148 valence electrons. The first-order valence-corrected chi connectivity index (χ1v) is 9.68. The number of hydrogen-bond donors (Lipinski definition) is 2. The summed E-state index contributed by atoms with van der Waals surface area (Å²) < 4.78 is 5.29. The molecule has 0 bridgehead atoms. The van der Waals surface area contributed by atoms with Gasteiger partial charge in [0.2, 0.25) is 0 Å². The number of aromatic amines is 1. The maximum Gasteiger partial charge on any atom is 0.251 e. The number of amides is 1. The highest BCUT2D eigenvalue weighted by Gasteiger charge is 2.19. The molecule has 1 unspecified atom stereocenters. The van der Waals surface area contributed by atoms with Gasteiger partial charge in [-0.25, -0.2) is 0 Å². The van der Waals surface area contributed by atoms with E-state index in [0.717, 1.165) is 27.8 Å². The maximum absolute atomic E-state index is 12.7. The minimum Gasteiger partial charge on any atom is -0.497 e. The molecule has 0 aliphatic rings. The first kappa shape index (κ1) is 19.3. The normalized spacial score (nSPS) is 11.6. The van der Waals surface area contributed by atoms with Gasteiger partial charge in [-0.1, -0.05) is 30.3 Å². The van der Waals surface area contributed by atoms with Crippen LogP contribution in [0.25, 0.3) is 10.9 Å². The molecular formula is C25H21N3O2. The Morgan fingerprint density at radius 2 is 1.80 bits per heavy atom. The van der Waals surface area contributed by atoms with Crippen LogP contribution >= 0.6 is 0 Å². The topological polar surface area (TPSA) is 77.9 Å². The molecular weight excluding hydrogens is 374 g/mol. The van der Waals surface area contributed by atoms with Crippen LogP contribution in [0.3, 0.4) is 0 Å². The van der Waals surface area contributed by atoms with Crippen molar-refractivity contribution in [3.8, 4) is 11.8 Å². The van der Waals surface area contributed by atoms with Gasteiger partial charge in [-0.2, -0.15) is 5.26 Å². The SMILES string of the molecule is COc1ccc(C(CNC(=O)c2ccc(C#N)cc2)c2c[nH]c3ccccc23)cc1. The van der Waals surface area contributed by atoms with Crippen molar-refractivity contribution in [3.63, 3.8) is 0 Å². The first-order chi connectivity index (χ1) is 14.7. The first-order valence-electron chi connectivity index (χ1n) is 9.68. The van der Waals surface area contributed by atoms with Crippen molar-refractivity contribution >= 4 is 16.8 Å². The number of carbonyl (C=O) groups is 1. The summed E-state index contributed by atoms with van der Waals surface area (Å²) in [7, 11) is 1.64. The Kier molecular flexibility index (Phi) is 5.49. The second kappa shape index (κ2) is 8.54. The standard InChI is InChI=1S/C25H21N3O2/c1-30-20-12-10-18(11-13-20)22(23-16-27-24-5-3-2-4-21(23)24)15-28-25(29)19-8-6-17(14-26)7-9-19/h2-13,16,22,27H,15H2,1H3,(H,28,29). The highest BCUT2D eigenvalue weighted by atomic mass is 16.5. The van der Waals surface area contributed by atoms with E-state index in [1.54, 1.807) is 31.4 Å². The predicted octanol–water partition coefficient (Wildman–Crippen LogP) is 4.61. The van der Waals surface area contributed by atoms with E-state index in [4.69, 9.17) is 10.00 Å². The average Bonchev–Trinajstić information content (AvgIpc) is 3.23. The van der Waals surface area contributed by atoms with Gasteiger partial charge in [-0.05, 0) is 53.6 Å². The molecule has 0 saturated carbocycles. The number of rotatable bonds is 6. The van der Waals surface area contributed by atoms with Gasteiger partial charge in [-0.3, -0.25) is 4.79 Å². The molecule has 5 nitrogen and oxygen atoms in total. The zero-order valence-corrected chi connectivity index (χ0v) is 16.6. The average molecular weight is 395 g/mol. The minimum atomic E-state index is -0.169. The van der Waals surface area contributed by atoms with E-state index < -0.39 is 0 Å². The Bertz CT molecular complexity index is 1200. The summed E-state index contributed by atoms with van der Waals surface area (Å²) in [6, 6.07) is 24.7. The zero-order valence-electron chi connectivity index (χ0n) is 16.6. The largest absolute Gasteiger partial charge is 0.497 e. The number of aromatic nitrogens is 1. The molecule has 1 aromatic heterocycles. The van der Waals surface area contributed by atoms with E-state index >= 15 is 0 Å². The van der Waals surface area contributed by atoms with E-state index in [-0.39, 0.29) is 11.8 Å².